The van der Waals surface area contributed by atoms with Crippen LogP contribution in [-0.2, 0) is 23.1 Å². The standard InChI is InChI=1S/C19H18N4O2S2/c1-22(14-19-21-17-9-5-6-10-18(17)26-19)27(24,25)16-11-20-23(13-16)12-15-7-3-2-4-8-15/h2-11,13H,12,14H2,1H3. The molecule has 6 nitrogen and oxygen atoms in total. The van der Waals surface area contributed by atoms with E-state index in [1.54, 1.807) is 17.9 Å². The van der Waals surface area contributed by atoms with Crippen molar-refractivity contribution in [3.8, 4) is 0 Å². The number of nitrogens with zero attached hydrogens (tertiary/aromatic N) is 4. The summed E-state index contributed by atoms with van der Waals surface area (Å²) in [6, 6.07) is 17.6. The second-order valence-corrected chi connectivity index (χ2v) is 9.36. The van der Waals surface area contributed by atoms with Crippen molar-refractivity contribution < 1.29 is 8.42 Å². The third-order valence-corrected chi connectivity index (χ3v) is 6.98. The van der Waals surface area contributed by atoms with E-state index in [9.17, 15) is 8.42 Å². The highest BCUT2D eigenvalue weighted by molar-refractivity contribution is 7.89. The smallest absolute Gasteiger partial charge is 0.246 e. The van der Waals surface area contributed by atoms with Crippen molar-refractivity contribution in [3.05, 3.63) is 77.6 Å². The Morgan fingerprint density at radius 2 is 1.81 bits per heavy atom. The van der Waals surface area contributed by atoms with Crippen LogP contribution in [0.15, 0.2) is 71.9 Å². The average Bonchev–Trinajstić information content (AvgIpc) is 3.29. The molecule has 27 heavy (non-hydrogen) atoms. The van der Waals surface area contributed by atoms with Gasteiger partial charge in [-0.25, -0.2) is 13.4 Å². The van der Waals surface area contributed by atoms with Gasteiger partial charge in [-0.15, -0.1) is 11.3 Å². The van der Waals surface area contributed by atoms with Gasteiger partial charge in [-0.1, -0.05) is 42.5 Å². The molecule has 0 N–H and O–H groups in total. The largest absolute Gasteiger partial charge is 0.267 e. The quantitative estimate of drug-likeness (QED) is 0.499. The van der Waals surface area contributed by atoms with E-state index in [1.165, 1.54) is 21.8 Å². The van der Waals surface area contributed by atoms with Crippen LogP contribution in [0.3, 0.4) is 0 Å². The Kier molecular flexibility index (Phi) is 4.77. The summed E-state index contributed by atoms with van der Waals surface area (Å²) in [7, 11) is -2.06. The van der Waals surface area contributed by atoms with E-state index in [2.05, 4.69) is 10.1 Å². The van der Waals surface area contributed by atoms with Crippen LogP contribution in [0.4, 0.5) is 0 Å². The minimum absolute atomic E-state index is 0.182. The Balaban J connectivity index is 1.52. The van der Waals surface area contributed by atoms with Gasteiger partial charge >= 0.3 is 0 Å². The Bertz CT molecular complexity index is 1130. The van der Waals surface area contributed by atoms with Crippen LogP contribution in [0, 0.1) is 0 Å². The average molecular weight is 399 g/mol. The van der Waals surface area contributed by atoms with E-state index in [0.29, 0.717) is 6.54 Å². The Labute approximate surface area is 161 Å². The van der Waals surface area contributed by atoms with Crippen molar-refractivity contribution in [1.29, 1.82) is 0 Å². The molecule has 0 radical (unpaired) electrons. The molecule has 0 saturated carbocycles. The first-order valence-corrected chi connectivity index (χ1v) is 10.7. The molecule has 0 unspecified atom stereocenters. The van der Waals surface area contributed by atoms with Crippen molar-refractivity contribution in [2.75, 3.05) is 7.05 Å². The lowest BCUT2D eigenvalue weighted by Gasteiger charge is -2.14. The number of hydrogen-bond donors (Lipinski definition) is 0. The molecule has 0 amide bonds. The van der Waals surface area contributed by atoms with Crippen LogP contribution in [-0.4, -0.2) is 34.5 Å². The Morgan fingerprint density at radius 1 is 1.07 bits per heavy atom. The number of rotatable bonds is 6. The maximum Gasteiger partial charge on any atom is 0.246 e. The zero-order valence-corrected chi connectivity index (χ0v) is 16.3. The topological polar surface area (TPSA) is 68.1 Å². The molecular formula is C19H18N4O2S2. The lowest BCUT2D eigenvalue weighted by Crippen LogP contribution is -2.26. The van der Waals surface area contributed by atoms with E-state index in [1.807, 2.05) is 54.6 Å². The zero-order chi connectivity index (χ0) is 18.9. The van der Waals surface area contributed by atoms with Gasteiger partial charge in [0.15, 0.2) is 0 Å². The summed E-state index contributed by atoms with van der Waals surface area (Å²) in [6.07, 6.45) is 2.96. The minimum Gasteiger partial charge on any atom is -0.267 e. The molecule has 2 aromatic carbocycles. The van der Waals surface area contributed by atoms with Gasteiger partial charge in [0.1, 0.15) is 9.90 Å². The Hall–Kier alpha value is -2.55. The monoisotopic (exact) mass is 398 g/mol. The molecule has 0 fully saturated rings. The fourth-order valence-electron chi connectivity index (χ4n) is 2.78. The van der Waals surface area contributed by atoms with E-state index in [0.717, 1.165) is 20.8 Å². The SMILES string of the molecule is CN(Cc1nc2ccccc2s1)S(=O)(=O)c1cnn(Cc2ccccc2)c1. The van der Waals surface area contributed by atoms with E-state index >= 15 is 0 Å². The molecule has 0 aliphatic rings. The van der Waals surface area contributed by atoms with Gasteiger partial charge in [0.05, 0.1) is 29.5 Å². The molecule has 2 aromatic heterocycles. The molecular weight excluding hydrogens is 380 g/mol. The van der Waals surface area contributed by atoms with Crippen molar-refractivity contribution >= 4 is 31.6 Å². The third-order valence-electron chi connectivity index (χ3n) is 4.20. The van der Waals surface area contributed by atoms with Crippen molar-refractivity contribution in [2.24, 2.45) is 0 Å². The molecule has 0 atom stereocenters. The van der Waals surface area contributed by atoms with Crippen LogP contribution in [0.25, 0.3) is 10.2 Å². The molecule has 0 aliphatic heterocycles. The number of benzene rings is 2. The Morgan fingerprint density at radius 3 is 2.59 bits per heavy atom. The highest BCUT2D eigenvalue weighted by Gasteiger charge is 2.24. The summed E-state index contributed by atoms with van der Waals surface area (Å²) in [5.74, 6) is 0. The highest BCUT2D eigenvalue weighted by atomic mass is 32.2. The molecule has 0 saturated heterocycles. The molecule has 8 heteroatoms. The predicted octanol–water partition coefficient (Wildman–Crippen LogP) is 3.36. The normalized spacial score (nSPS) is 12.1. The molecule has 2 heterocycles. The minimum atomic E-state index is -3.63. The first-order chi connectivity index (χ1) is 13.0. The van der Waals surface area contributed by atoms with Gasteiger partial charge in [0, 0.05) is 13.2 Å². The summed E-state index contributed by atoms with van der Waals surface area (Å²) in [5.41, 5.74) is 1.95. The summed E-state index contributed by atoms with van der Waals surface area (Å²) in [5, 5.41) is 4.96. The molecule has 138 valence electrons. The van der Waals surface area contributed by atoms with Crippen LogP contribution in [0.1, 0.15) is 10.6 Å². The molecule has 4 aromatic rings. The van der Waals surface area contributed by atoms with Crippen molar-refractivity contribution in [1.82, 2.24) is 19.1 Å². The van der Waals surface area contributed by atoms with Crippen LogP contribution >= 0.6 is 11.3 Å². The van der Waals surface area contributed by atoms with Crippen LogP contribution in [0.5, 0.6) is 0 Å². The number of thiazole rings is 1. The summed E-state index contributed by atoms with van der Waals surface area (Å²) in [6.45, 7) is 0.753. The molecule has 0 spiro atoms. The van der Waals surface area contributed by atoms with E-state index in [-0.39, 0.29) is 11.4 Å². The molecule has 4 rings (SSSR count). The van der Waals surface area contributed by atoms with Crippen LogP contribution < -0.4 is 0 Å². The summed E-state index contributed by atoms with van der Waals surface area (Å²) in [4.78, 5) is 4.69. The van der Waals surface area contributed by atoms with Crippen molar-refractivity contribution in [2.45, 2.75) is 18.0 Å². The van der Waals surface area contributed by atoms with Gasteiger partial charge in [0.25, 0.3) is 0 Å². The van der Waals surface area contributed by atoms with Crippen LogP contribution in [0.2, 0.25) is 0 Å². The number of para-hydroxylation sites is 1. The first-order valence-electron chi connectivity index (χ1n) is 8.39. The zero-order valence-electron chi connectivity index (χ0n) is 14.7. The number of hydrogen-bond acceptors (Lipinski definition) is 5. The number of sulfonamides is 1. The second kappa shape index (κ2) is 7.22. The lowest BCUT2D eigenvalue weighted by molar-refractivity contribution is 0.466. The fraction of sp³-hybridized carbons (Fsp3) is 0.158. The van der Waals surface area contributed by atoms with Gasteiger partial charge < -0.3 is 0 Å². The first kappa shape index (κ1) is 17.8. The summed E-state index contributed by atoms with van der Waals surface area (Å²) < 4.78 is 29.7. The maximum absolute atomic E-state index is 12.9. The highest BCUT2D eigenvalue weighted by Crippen LogP contribution is 2.24. The van der Waals surface area contributed by atoms with Gasteiger partial charge in [-0.3, -0.25) is 4.68 Å². The number of fused-ring (bicyclic) bond motifs is 1. The molecule has 0 aliphatic carbocycles. The third kappa shape index (κ3) is 3.78. The fourth-order valence-corrected chi connectivity index (χ4v) is 4.97. The number of aromatic nitrogens is 3. The van der Waals surface area contributed by atoms with Gasteiger partial charge in [-0.2, -0.15) is 9.40 Å². The predicted molar refractivity (Wildman–Crippen MR) is 106 cm³/mol. The second-order valence-electron chi connectivity index (χ2n) is 6.20. The van der Waals surface area contributed by atoms with E-state index in [4.69, 9.17) is 0 Å². The molecule has 0 bridgehead atoms. The maximum atomic E-state index is 12.9. The van der Waals surface area contributed by atoms with Crippen molar-refractivity contribution in [3.63, 3.8) is 0 Å². The summed E-state index contributed by atoms with van der Waals surface area (Å²) >= 11 is 1.51. The van der Waals surface area contributed by atoms with Gasteiger partial charge in [0.2, 0.25) is 10.0 Å². The van der Waals surface area contributed by atoms with E-state index < -0.39 is 10.0 Å². The lowest BCUT2D eigenvalue weighted by atomic mass is 10.2. The van der Waals surface area contributed by atoms with Gasteiger partial charge in [-0.05, 0) is 17.7 Å².